The molecule has 0 N–H and O–H groups in total. The van der Waals surface area contributed by atoms with Crippen LogP contribution in [0.15, 0.2) is 30.3 Å². The summed E-state index contributed by atoms with van der Waals surface area (Å²) in [7, 11) is 0. The fraction of sp³-hybridized carbons (Fsp3) is 0.696. The van der Waals surface area contributed by atoms with Gasteiger partial charge in [0.2, 0.25) is 5.91 Å². The molecule has 0 atom stereocenters. The zero-order valence-corrected chi connectivity index (χ0v) is 16.9. The summed E-state index contributed by atoms with van der Waals surface area (Å²) in [5, 5.41) is 0. The topological polar surface area (TPSA) is 20.3 Å². The van der Waals surface area contributed by atoms with Crippen molar-refractivity contribution >= 4 is 5.91 Å². The van der Waals surface area contributed by atoms with Crippen LogP contribution in [0.2, 0.25) is 0 Å². The SMILES string of the molecule is CC(C)C1CCC(N(CCc2ccccc2)C(=O)CC(C)(C)C)CC1. The predicted molar refractivity (Wildman–Crippen MR) is 107 cm³/mol. The average molecular weight is 344 g/mol. The second-order valence-corrected chi connectivity index (χ2v) is 9.37. The van der Waals surface area contributed by atoms with Crippen LogP contribution >= 0.6 is 0 Å². The van der Waals surface area contributed by atoms with Crippen LogP contribution in [0.1, 0.15) is 72.3 Å². The molecule has 140 valence electrons. The molecule has 1 fully saturated rings. The summed E-state index contributed by atoms with van der Waals surface area (Å²) in [6.07, 6.45) is 6.49. The van der Waals surface area contributed by atoms with Crippen molar-refractivity contribution in [1.29, 1.82) is 0 Å². The summed E-state index contributed by atoms with van der Waals surface area (Å²) in [6, 6.07) is 11.0. The molecule has 1 amide bonds. The van der Waals surface area contributed by atoms with Crippen molar-refractivity contribution in [2.75, 3.05) is 6.54 Å². The number of nitrogens with zero attached hydrogens (tertiary/aromatic N) is 1. The van der Waals surface area contributed by atoms with Crippen LogP contribution in [-0.2, 0) is 11.2 Å². The Morgan fingerprint density at radius 3 is 2.20 bits per heavy atom. The number of rotatable bonds is 6. The lowest BCUT2D eigenvalue weighted by molar-refractivity contribution is -0.136. The van der Waals surface area contributed by atoms with E-state index >= 15 is 0 Å². The van der Waals surface area contributed by atoms with E-state index in [1.807, 2.05) is 0 Å². The maximum atomic E-state index is 13.0. The summed E-state index contributed by atoms with van der Waals surface area (Å²) in [5.74, 6) is 1.95. The molecule has 1 aliphatic carbocycles. The van der Waals surface area contributed by atoms with E-state index in [9.17, 15) is 4.79 Å². The molecule has 1 saturated carbocycles. The fourth-order valence-electron chi connectivity index (χ4n) is 4.04. The van der Waals surface area contributed by atoms with E-state index in [1.54, 1.807) is 0 Å². The molecule has 0 radical (unpaired) electrons. The van der Waals surface area contributed by atoms with Gasteiger partial charge in [0.05, 0.1) is 0 Å². The van der Waals surface area contributed by atoms with Gasteiger partial charge in [0.1, 0.15) is 0 Å². The van der Waals surface area contributed by atoms with Crippen LogP contribution in [0.25, 0.3) is 0 Å². The van der Waals surface area contributed by atoms with Gasteiger partial charge in [-0.15, -0.1) is 0 Å². The van der Waals surface area contributed by atoms with E-state index in [0.29, 0.717) is 18.4 Å². The third-order valence-electron chi connectivity index (χ3n) is 5.61. The molecular formula is C23H37NO. The molecule has 0 unspecified atom stereocenters. The van der Waals surface area contributed by atoms with Gasteiger partial charge in [-0.25, -0.2) is 0 Å². The van der Waals surface area contributed by atoms with Gasteiger partial charge in [-0.2, -0.15) is 0 Å². The van der Waals surface area contributed by atoms with Crippen LogP contribution in [-0.4, -0.2) is 23.4 Å². The molecule has 1 aromatic rings. The van der Waals surface area contributed by atoms with Crippen molar-refractivity contribution in [3.05, 3.63) is 35.9 Å². The van der Waals surface area contributed by atoms with Gasteiger partial charge in [-0.1, -0.05) is 65.0 Å². The highest BCUT2D eigenvalue weighted by atomic mass is 16.2. The minimum atomic E-state index is 0.0528. The first-order valence-electron chi connectivity index (χ1n) is 10.1. The van der Waals surface area contributed by atoms with Crippen LogP contribution in [0.5, 0.6) is 0 Å². The second kappa shape index (κ2) is 8.87. The standard InChI is InChI=1S/C23H37NO/c1-18(2)20-11-13-21(14-12-20)24(22(25)17-23(3,4)5)16-15-19-9-7-6-8-10-19/h6-10,18,20-21H,11-17H2,1-5H3. The highest BCUT2D eigenvalue weighted by molar-refractivity contribution is 5.77. The maximum absolute atomic E-state index is 13.0. The Hall–Kier alpha value is -1.31. The Bertz CT molecular complexity index is 521. The summed E-state index contributed by atoms with van der Waals surface area (Å²) in [4.78, 5) is 15.2. The molecule has 2 heteroatoms. The minimum absolute atomic E-state index is 0.0528. The van der Waals surface area contributed by atoms with Crippen LogP contribution in [0, 0.1) is 17.3 Å². The van der Waals surface area contributed by atoms with E-state index in [0.717, 1.165) is 24.8 Å². The Morgan fingerprint density at radius 2 is 1.68 bits per heavy atom. The number of carbonyl (C=O) groups excluding carboxylic acids is 1. The molecule has 0 aromatic heterocycles. The van der Waals surface area contributed by atoms with Crippen LogP contribution in [0.4, 0.5) is 0 Å². The summed E-state index contributed by atoms with van der Waals surface area (Å²) >= 11 is 0. The van der Waals surface area contributed by atoms with Gasteiger partial charge in [0.15, 0.2) is 0 Å². The Labute approximate surface area is 155 Å². The highest BCUT2D eigenvalue weighted by Gasteiger charge is 2.31. The Morgan fingerprint density at radius 1 is 1.08 bits per heavy atom. The second-order valence-electron chi connectivity index (χ2n) is 9.37. The van der Waals surface area contributed by atoms with E-state index in [4.69, 9.17) is 0 Å². The van der Waals surface area contributed by atoms with E-state index in [1.165, 1.54) is 31.2 Å². The third kappa shape index (κ3) is 6.49. The van der Waals surface area contributed by atoms with Gasteiger partial charge in [0.25, 0.3) is 0 Å². The average Bonchev–Trinajstić information content (AvgIpc) is 2.55. The molecular weight excluding hydrogens is 306 g/mol. The Balaban J connectivity index is 2.02. The quantitative estimate of drug-likeness (QED) is 0.648. The molecule has 2 rings (SSSR count). The third-order valence-corrected chi connectivity index (χ3v) is 5.61. The largest absolute Gasteiger partial charge is 0.339 e. The van der Waals surface area contributed by atoms with Crippen LogP contribution < -0.4 is 0 Å². The highest BCUT2D eigenvalue weighted by Crippen LogP contribution is 2.33. The van der Waals surface area contributed by atoms with Crippen molar-refractivity contribution < 1.29 is 4.79 Å². The summed E-state index contributed by atoms with van der Waals surface area (Å²) in [6.45, 7) is 12.0. The number of carbonyl (C=O) groups is 1. The number of hydrogen-bond acceptors (Lipinski definition) is 1. The van der Waals surface area contributed by atoms with Gasteiger partial charge >= 0.3 is 0 Å². The molecule has 1 aromatic carbocycles. The zero-order chi connectivity index (χ0) is 18.4. The van der Waals surface area contributed by atoms with Gasteiger partial charge in [-0.05, 0) is 54.9 Å². The van der Waals surface area contributed by atoms with E-state index < -0.39 is 0 Å². The summed E-state index contributed by atoms with van der Waals surface area (Å²) < 4.78 is 0. The van der Waals surface area contributed by atoms with Crippen molar-refractivity contribution in [1.82, 2.24) is 4.90 Å². The molecule has 0 spiro atoms. The molecule has 2 nitrogen and oxygen atoms in total. The number of benzene rings is 1. The van der Waals surface area contributed by atoms with Crippen molar-refractivity contribution in [3.8, 4) is 0 Å². The van der Waals surface area contributed by atoms with Crippen molar-refractivity contribution in [2.45, 2.75) is 79.2 Å². The lowest BCUT2D eigenvalue weighted by Gasteiger charge is -2.39. The predicted octanol–water partition coefficient (Wildman–Crippen LogP) is 5.71. The van der Waals surface area contributed by atoms with E-state index in [-0.39, 0.29) is 5.41 Å². The molecule has 0 aliphatic heterocycles. The first-order valence-corrected chi connectivity index (χ1v) is 10.1. The molecule has 0 heterocycles. The fourth-order valence-corrected chi connectivity index (χ4v) is 4.04. The monoisotopic (exact) mass is 343 g/mol. The summed E-state index contributed by atoms with van der Waals surface area (Å²) in [5.41, 5.74) is 1.38. The Kier molecular flexibility index (Phi) is 7.10. The van der Waals surface area contributed by atoms with Crippen molar-refractivity contribution in [2.24, 2.45) is 17.3 Å². The smallest absolute Gasteiger partial charge is 0.223 e. The van der Waals surface area contributed by atoms with Gasteiger partial charge in [-0.3, -0.25) is 4.79 Å². The van der Waals surface area contributed by atoms with Crippen LogP contribution in [0.3, 0.4) is 0 Å². The van der Waals surface area contributed by atoms with Gasteiger partial charge < -0.3 is 4.90 Å². The minimum Gasteiger partial charge on any atom is -0.339 e. The molecule has 25 heavy (non-hydrogen) atoms. The lowest BCUT2D eigenvalue weighted by atomic mass is 9.79. The molecule has 0 saturated heterocycles. The van der Waals surface area contributed by atoms with E-state index in [2.05, 4.69) is 69.9 Å². The zero-order valence-electron chi connectivity index (χ0n) is 16.9. The van der Waals surface area contributed by atoms with Crippen molar-refractivity contribution in [3.63, 3.8) is 0 Å². The lowest BCUT2D eigenvalue weighted by Crippen LogP contribution is -2.45. The molecule has 1 aliphatic rings. The first kappa shape index (κ1) is 20.0. The van der Waals surface area contributed by atoms with Gasteiger partial charge in [0, 0.05) is 19.0 Å². The maximum Gasteiger partial charge on any atom is 0.223 e. The first-order chi connectivity index (χ1) is 11.8. The number of hydrogen-bond donors (Lipinski definition) is 0. The normalized spacial score (nSPS) is 21.4. The number of amides is 1. The molecule has 0 bridgehead atoms.